The highest BCUT2D eigenvalue weighted by Crippen LogP contribution is 2.33. The van der Waals surface area contributed by atoms with Crippen molar-refractivity contribution < 1.29 is 19.0 Å². The number of ketones is 1. The molecule has 2 rings (SSSR count). The first kappa shape index (κ1) is 16.6. The summed E-state index contributed by atoms with van der Waals surface area (Å²) in [4.78, 5) is 12.4. The lowest BCUT2D eigenvalue weighted by atomic mass is 10.00. The van der Waals surface area contributed by atoms with E-state index in [1.165, 1.54) is 6.26 Å². The van der Waals surface area contributed by atoms with Gasteiger partial charge in [-0.05, 0) is 17.7 Å². The van der Waals surface area contributed by atoms with E-state index in [0.717, 1.165) is 5.56 Å². The Bertz CT molecular complexity index is 641. The van der Waals surface area contributed by atoms with Crippen molar-refractivity contribution in [1.82, 2.24) is 0 Å². The van der Waals surface area contributed by atoms with E-state index < -0.39 is 0 Å². The van der Waals surface area contributed by atoms with Gasteiger partial charge in [-0.15, -0.1) is 0 Å². The summed E-state index contributed by atoms with van der Waals surface area (Å²) in [6.45, 7) is 8.55. The number of carbonyl (C=O) groups excluding carboxylic acids is 1. The molecule has 1 aliphatic rings. The van der Waals surface area contributed by atoms with Crippen LogP contribution in [-0.4, -0.2) is 25.6 Å². The molecule has 0 atom stereocenters. The van der Waals surface area contributed by atoms with Crippen molar-refractivity contribution in [3.05, 3.63) is 67.5 Å². The minimum Gasteiger partial charge on any atom is -0.496 e. The summed E-state index contributed by atoms with van der Waals surface area (Å²) < 4.78 is 16.4. The fraction of sp³-hybridized carbons (Fsp3) is 0.211. The van der Waals surface area contributed by atoms with Gasteiger partial charge in [-0.2, -0.15) is 0 Å². The Kier molecular flexibility index (Phi) is 6.24. The van der Waals surface area contributed by atoms with Crippen LogP contribution in [0.15, 0.2) is 61.9 Å². The highest BCUT2D eigenvalue weighted by atomic mass is 16.6. The number of Topliss-reactive ketones (excluding diaryl/α,β-unsaturated/α-hetero) is 1. The van der Waals surface area contributed by atoms with Crippen LogP contribution in [0.2, 0.25) is 0 Å². The average Bonchev–Trinajstić information content (AvgIpc) is 2.58. The van der Waals surface area contributed by atoms with E-state index in [9.17, 15) is 4.79 Å². The molecule has 0 saturated carbocycles. The van der Waals surface area contributed by atoms with Crippen molar-refractivity contribution in [3.63, 3.8) is 0 Å². The molecule has 0 amide bonds. The first-order valence-corrected chi connectivity index (χ1v) is 7.39. The van der Waals surface area contributed by atoms with Gasteiger partial charge >= 0.3 is 0 Å². The number of allylic oxidation sites excluding steroid dienone is 4. The summed E-state index contributed by atoms with van der Waals surface area (Å²) in [5.41, 5.74) is 1.22. The molecule has 1 aromatic rings. The zero-order valence-electron chi connectivity index (χ0n) is 13.0. The molecular formula is C19H20O4. The SMILES string of the molecule is C=C/C=C/CC(=O)/C(=C\OCC=C)c1ccc2c(c1)OCCO2. The van der Waals surface area contributed by atoms with Crippen molar-refractivity contribution in [2.45, 2.75) is 6.42 Å². The number of hydrogen-bond acceptors (Lipinski definition) is 4. The Morgan fingerprint density at radius 3 is 2.74 bits per heavy atom. The monoisotopic (exact) mass is 312 g/mol. The Morgan fingerprint density at radius 1 is 1.22 bits per heavy atom. The number of rotatable bonds is 8. The maximum atomic E-state index is 12.4. The van der Waals surface area contributed by atoms with Crippen LogP contribution >= 0.6 is 0 Å². The van der Waals surface area contributed by atoms with Gasteiger partial charge in [0, 0.05) is 6.42 Å². The summed E-state index contributed by atoms with van der Waals surface area (Å²) in [6, 6.07) is 5.43. The summed E-state index contributed by atoms with van der Waals surface area (Å²) in [5.74, 6) is 1.27. The fourth-order valence-corrected chi connectivity index (χ4v) is 2.09. The molecular weight excluding hydrogens is 292 g/mol. The van der Waals surface area contributed by atoms with Crippen LogP contribution in [0.25, 0.3) is 5.57 Å². The van der Waals surface area contributed by atoms with Crippen molar-refractivity contribution in [2.75, 3.05) is 19.8 Å². The lowest BCUT2D eigenvalue weighted by molar-refractivity contribution is -0.113. The van der Waals surface area contributed by atoms with Crippen LogP contribution in [0.5, 0.6) is 11.5 Å². The second kappa shape index (κ2) is 8.63. The van der Waals surface area contributed by atoms with Gasteiger partial charge < -0.3 is 14.2 Å². The molecule has 1 heterocycles. The van der Waals surface area contributed by atoms with Gasteiger partial charge in [-0.1, -0.05) is 43.5 Å². The second-order valence-electron chi connectivity index (χ2n) is 4.80. The lowest BCUT2D eigenvalue weighted by Crippen LogP contribution is -2.15. The molecule has 0 radical (unpaired) electrons. The van der Waals surface area contributed by atoms with E-state index >= 15 is 0 Å². The van der Waals surface area contributed by atoms with E-state index in [0.29, 0.717) is 36.9 Å². The fourth-order valence-electron chi connectivity index (χ4n) is 2.09. The van der Waals surface area contributed by atoms with E-state index in [1.807, 2.05) is 6.07 Å². The quantitative estimate of drug-likeness (QED) is 0.241. The molecule has 0 spiro atoms. The third-order valence-electron chi connectivity index (χ3n) is 3.14. The highest BCUT2D eigenvalue weighted by molar-refractivity contribution is 6.21. The molecule has 0 aromatic heterocycles. The van der Waals surface area contributed by atoms with Crippen LogP contribution in [0.3, 0.4) is 0 Å². The number of benzene rings is 1. The average molecular weight is 312 g/mol. The Morgan fingerprint density at radius 2 is 2.00 bits per heavy atom. The van der Waals surface area contributed by atoms with E-state index in [-0.39, 0.29) is 12.2 Å². The number of carbonyl (C=O) groups is 1. The molecule has 0 bridgehead atoms. The predicted octanol–water partition coefficient (Wildman–Crippen LogP) is 3.70. The number of hydrogen-bond donors (Lipinski definition) is 0. The second-order valence-corrected chi connectivity index (χ2v) is 4.80. The first-order chi connectivity index (χ1) is 11.3. The predicted molar refractivity (Wildman–Crippen MR) is 90.5 cm³/mol. The number of fused-ring (bicyclic) bond motifs is 1. The molecule has 1 aromatic carbocycles. The van der Waals surface area contributed by atoms with Crippen LogP contribution in [0.4, 0.5) is 0 Å². The Hall–Kier alpha value is -2.75. The molecule has 4 nitrogen and oxygen atoms in total. The van der Waals surface area contributed by atoms with Crippen molar-refractivity contribution in [2.24, 2.45) is 0 Å². The van der Waals surface area contributed by atoms with Gasteiger partial charge in [0.15, 0.2) is 17.3 Å². The molecule has 0 aliphatic carbocycles. The van der Waals surface area contributed by atoms with E-state index in [1.54, 1.807) is 36.4 Å². The molecule has 4 heteroatoms. The summed E-state index contributed by atoms with van der Waals surface area (Å²) in [5, 5.41) is 0. The molecule has 23 heavy (non-hydrogen) atoms. The maximum absolute atomic E-state index is 12.4. The van der Waals surface area contributed by atoms with Crippen LogP contribution in [0.1, 0.15) is 12.0 Å². The summed E-state index contributed by atoms with van der Waals surface area (Å²) in [6.07, 6.45) is 8.49. The smallest absolute Gasteiger partial charge is 0.170 e. The summed E-state index contributed by atoms with van der Waals surface area (Å²) in [7, 11) is 0. The molecule has 0 N–H and O–H groups in total. The maximum Gasteiger partial charge on any atom is 0.170 e. The van der Waals surface area contributed by atoms with Gasteiger partial charge in [0.1, 0.15) is 19.8 Å². The topological polar surface area (TPSA) is 44.8 Å². The summed E-state index contributed by atoms with van der Waals surface area (Å²) >= 11 is 0. The molecule has 0 fully saturated rings. The molecule has 0 saturated heterocycles. The Labute approximate surface area is 136 Å². The van der Waals surface area contributed by atoms with Crippen LogP contribution in [-0.2, 0) is 9.53 Å². The molecule has 1 aliphatic heterocycles. The van der Waals surface area contributed by atoms with Crippen LogP contribution < -0.4 is 9.47 Å². The standard InChI is InChI=1S/C19H20O4/c1-3-5-6-7-17(20)16(14-21-10-4-2)15-8-9-18-19(13-15)23-12-11-22-18/h3-6,8-9,13-14H,1-2,7,10-12H2/b6-5+,16-14-. The van der Waals surface area contributed by atoms with Crippen molar-refractivity contribution in [3.8, 4) is 11.5 Å². The Balaban J connectivity index is 2.27. The zero-order chi connectivity index (χ0) is 16.5. The zero-order valence-corrected chi connectivity index (χ0v) is 13.0. The third-order valence-corrected chi connectivity index (χ3v) is 3.14. The highest BCUT2D eigenvalue weighted by Gasteiger charge is 2.17. The molecule has 0 unspecified atom stereocenters. The van der Waals surface area contributed by atoms with Crippen LogP contribution in [0, 0.1) is 0 Å². The van der Waals surface area contributed by atoms with Gasteiger partial charge in [0.2, 0.25) is 0 Å². The lowest BCUT2D eigenvalue weighted by Gasteiger charge is -2.19. The van der Waals surface area contributed by atoms with Crippen molar-refractivity contribution >= 4 is 11.4 Å². The van der Waals surface area contributed by atoms with Gasteiger partial charge in [-0.3, -0.25) is 4.79 Å². The normalized spacial score (nSPS) is 13.7. The van der Waals surface area contributed by atoms with Crippen molar-refractivity contribution in [1.29, 1.82) is 0 Å². The van der Waals surface area contributed by atoms with E-state index in [2.05, 4.69) is 13.2 Å². The largest absolute Gasteiger partial charge is 0.496 e. The minimum absolute atomic E-state index is 0.0520. The first-order valence-electron chi connectivity index (χ1n) is 7.39. The van der Waals surface area contributed by atoms with E-state index in [4.69, 9.17) is 14.2 Å². The van der Waals surface area contributed by atoms with Gasteiger partial charge in [-0.25, -0.2) is 0 Å². The number of ether oxygens (including phenoxy) is 3. The molecule has 120 valence electrons. The third kappa shape index (κ3) is 4.61. The minimum atomic E-state index is -0.0520. The van der Waals surface area contributed by atoms with Gasteiger partial charge in [0.25, 0.3) is 0 Å². The van der Waals surface area contributed by atoms with Gasteiger partial charge in [0.05, 0.1) is 11.8 Å².